The Morgan fingerprint density at radius 1 is 1.12 bits per heavy atom. The third kappa shape index (κ3) is 0.992. The summed E-state index contributed by atoms with van der Waals surface area (Å²) in [7, 11) is 0. The van der Waals surface area contributed by atoms with E-state index in [4.69, 9.17) is 16.6 Å². The number of hydrogen-bond donors (Lipinski definition) is 3. The van der Waals surface area contributed by atoms with Gasteiger partial charge in [0.1, 0.15) is 0 Å². The van der Waals surface area contributed by atoms with E-state index >= 15 is 0 Å². The van der Waals surface area contributed by atoms with Crippen LogP contribution >= 0.6 is 0 Å². The van der Waals surface area contributed by atoms with E-state index in [1.165, 1.54) is 0 Å². The topological polar surface area (TPSA) is 72.3 Å². The van der Waals surface area contributed by atoms with Crippen LogP contribution in [-0.2, 0) is 0 Å². The van der Waals surface area contributed by atoms with Crippen molar-refractivity contribution in [2.24, 2.45) is 11.5 Å². The lowest BCUT2D eigenvalue weighted by molar-refractivity contribution is 0.180. The van der Waals surface area contributed by atoms with Crippen molar-refractivity contribution < 1.29 is 5.11 Å². The van der Waals surface area contributed by atoms with Crippen molar-refractivity contribution >= 4 is 0 Å². The molecule has 1 unspecified atom stereocenters. The molecule has 3 heteroatoms. The fraction of sp³-hybridized carbons (Fsp3) is 1.00. The quantitative estimate of drug-likeness (QED) is 0.372. The second-order valence-corrected chi connectivity index (χ2v) is 2.45. The van der Waals surface area contributed by atoms with Crippen LogP contribution in [0.1, 0.15) is 12.8 Å². The van der Waals surface area contributed by atoms with Gasteiger partial charge in [-0.05, 0) is 12.8 Å². The molecule has 0 radical (unpaired) electrons. The zero-order valence-electron chi connectivity index (χ0n) is 4.75. The van der Waals surface area contributed by atoms with Gasteiger partial charge in [-0.3, -0.25) is 0 Å². The highest BCUT2D eigenvalue weighted by molar-refractivity contribution is 4.88. The summed E-state index contributed by atoms with van der Waals surface area (Å²) in [5, 5.41) is 8.91. The lowest BCUT2D eigenvalue weighted by atomic mass is 10.2. The fourth-order valence-electron chi connectivity index (χ4n) is 1.07. The van der Waals surface area contributed by atoms with Crippen LogP contribution in [0.5, 0.6) is 0 Å². The first-order chi connectivity index (χ1) is 3.70. The molecule has 0 amide bonds. The van der Waals surface area contributed by atoms with E-state index < -0.39 is 0 Å². The molecule has 0 saturated heterocycles. The van der Waals surface area contributed by atoms with Crippen LogP contribution in [0.25, 0.3) is 0 Å². The lowest BCUT2D eigenvalue weighted by Crippen LogP contribution is -2.35. The van der Waals surface area contributed by atoms with Gasteiger partial charge in [0, 0.05) is 12.1 Å². The summed E-state index contributed by atoms with van der Waals surface area (Å²) < 4.78 is 0. The number of nitrogens with two attached hydrogens (primary N) is 2. The number of hydrogen-bond acceptors (Lipinski definition) is 3. The Hall–Kier alpha value is -0.120. The van der Waals surface area contributed by atoms with Gasteiger partial charge in [0.25, 0.3) is 0 Å². The summed E-state index contributed by atoms with van der Waals surface area (Å²) in [6, 6.07) is 0.0370. The Balaban J connectivity index is 2.39. The first-order valence-electron chi connectivity index (χ1n) is 2.89. The Kier molecular flexibility index (Phi) is 1.51. The third-order valence-corrected chi connectivity index (χ3v) is 1.64. The van der Waals surface area contributed by atoms with Gasteiger partial charge in [-0.1, -0.05) is 0 Å². The molecule has 0 aromatic rings. The van der Waals surface area contributed by atoms with Crippen molar-refractivity contribution in [3.05, 3.63) is 0 Å². The molecular formula is C5H12N2O. The smallest absolute Gasteiger partial charge is 0.0571 e. The second kappa shape index (κ2) is 2.01. The van der Waals surface area contributed by atoms with Crippen molar-refractivity contribution in [2.75, 3.05) is 0 Å². The molecule has 3 nitrogen and oxygen atoms in total. The number of aliphatic hydroxyl groups is 1. The first kappa shape index (κ1) is 6.01. The maximum Gasteiger partial charge on any atom is 0.0571 e. The average Bonchev–Trinajstić information content (AvgIpc) is 1.85. The highest BCUT2D eigenvalue weighted by atomic mass is 16.3. The SMILES string of the molecule is N[C@@H]1CC(O)C[C@@H]1N. The summed E-state index contributed by atoms with van der Waals surface area (Å²) >= 11 is 0. The fourth-order valence-corrected chi connectivity index (χ4v) is 1.07. The molecular weight excluding hydrogens is 104 g/mol. The minimum Gasteiger partial charge on any atom is -0.393 e. The third-order valence-electron chi connectivity index (χ3n) is 1.64. The summed E-state index contributed by atoms with van der Waals surface area (Å²) in [6.07, 6.45) is 1.09. The van der Waals surface area contributed by atoms with Gasteiger partial charge in [-0.15, -0.1) is 0 Å². The molecule has 0 spiro atoms. The Morgan fingerprint density at radius 3 is 1.62 bits per heavy atom. The van der Waals surface area contributed by atoms with E-state index in [0.29, 0.717) is 12.8 Å². The van der Waals surface area contributed by atoms with Crippen LogP contribution in [0.3, 0.4) is 0 Å². The zero-order chi connectivity index (χ0) is 6.15. The van der Waals surface area contributed by atoms with Crippen LogP contribution in [0.2, 0.25) is 0 Å². The van der Waals surface area contributed by atoms with Gasteiger partial charge in [0.2, 0.25) is 0 Å². The molecule has 48 valence electrons. The van der Waals surface area contributed by atoms with Gasteiger partial charge in [0.15, 0.2) is 0 Å². The second-order valence-electron chi connectivity index (χ2n) is 2.45. The Bertz CT molecular complexity index is 76.5. The summed E-state index contributed by atoms with van der Waals surface area (Å²) in [5.41, 5.74) is 11.0. The number of rotatable bonds is 0. The molecule has 1 fully saturated rings. The van der Waals surface area contributed by atoms with Gasteiger partial charge < -0.3 is 16.6 Å². The highest BCUT2D eigenvalue weighted by Crippen LogP contribution is 2.15. The monoisotopic (exact) mass is 116 g/mol. The van der Waals surface area contributed by atoms with Gasteiger partial charge in [-0.25, -0.2) is 0 Å². The minimum atomic E-state index is -0.250. The Labute approximate surface area is 48.7 Å². The molecule has 1 aliphatic rings. The van der Waals surface area contributed by atoms with E-state index in [1.807, 2.05) is 0 Å². The maximum atomic E-state index is 8.91. The van der Waals surface area contributed by atoms with Crippen LogP contribution in [0.4, 0.5) is 0 Å². The summed E-state index contributed by atoms with van der Waals surface area (Å²) in [6.45, 7) is 0. The van der Waals surface area contributed by atoms with E-state index in [0.717, 1.165) is 0 Å². The summed E-state index contributed by atoms with van der Waals surface area (Å²) in [5.74, 6) is 0. The number of aliphatic hydroxyl groups excluding tert-OH is 1. The normalized spacial score (nSPS) is 47.6. The molecule has 1 rings (SSSR count). The predicted octanol–water partition coefficient (Wildman–Crippen LogP) is -1.20. The molecule has 0 heterocycles. The van der Waals surface area contributed by atoms with Crippen LogP contribution in [0.15, 0.2) is 0 Å². The molecule has 1 aliphatic carbocycles. The van der Waals surface area contributed by atoms with Crippen molar-refractivity contribution in [1.82, 2.24) is 0 Å². The van der Waals surface area contributed by atoms with Gasteiger partial charge >= 0.3 is 0 Å². The Morgan fingerprint density at radius 2 is 1.50 bits per heavy atom. The standard InChI is InChI=1S/C5H12N2O/c6-4-1-3(8)2-5(4)7/h3-5,8H,1-2,6-7H2/t3?,4-,5+. The predicted molar refractivity (Wildman–Crippen MR) is 31.2 cm³/mol. The average molecular weight is 116 g/mol. The molecule has 8 heavy (non-hydrogen) atoms. The highest BCUT2D eigenvalue weighted by Gasteiger charge is 2.26. The molecule has 5 N–H and O–H groups in total. The van der Waals surface area contributed by atoms with Crippen molar-refractivity contribution in [2.45, 2.75) is 31.0 Å². The van der Waals surface area contributed by atoms with E-state index in [9.17, 15) is 0 Å². The molecule has 0 aliphatic heterocycles. The van der Waals surface area contributed by atoms with Crippen molar-refractivity contribution in [1.29, 1.82) is 0 Å². The molecule has 0 aromatic heterocycles. The molecule has 3 atom stereocenters. The minimum absolute atomic E-state index is 0.0185. The van der Waals surface area contributed by atoms with E-state index in [-0.39, 0.29) is 18.2 Å². The molecule has 0 aromatic carbocycles. The largest absolute Gasteiger partial charge is 0.393 e. The summed E-state index contributed by atoms with van der Waals surface area (Å²) in [4.78, 5) is 0. The van der Waals surface area contributed by atoms with Crippen molar-refractivity contribution in [3.8, 4) is 0 Å². The van der Waals surface area contributed by atoms with Crippen molar-refractivity contribution in [3.63, 3.8) is 0 Å². The maximum absolute atomic E-state index is 8.91. The van der Waals surface area contributed by atoms with Crippen LogP contribution < -0.4 is 11.5 Å². The zero-order valence-corrected chi connectivity index (χ0v) is 4.75. The molecule has 0 bridgehead atoms. The molecule has 1 saturated carbocycles. The van der Waals surface area contributed by atoms with Gasteiger partial charge in [0.05, 0.1) is 6.10 Å². The van der Waals surface area contributed by atoms with Crippen LogP contribution in [0, 0.1) is 0 Å². The van der Waals surface area contributed by atoms with Crippen LogP contribution in [-0.4, -0.2) is 23.3 Å². The van der Waals surface area contributed by atoms with Gasteiger partial charge in [-0.2, -0.15) is 0 Å². The van der Waals surface area contributed by atoms with E-state index in [2.05, 4.69) is 0 Å². The lowest BCUT2D eigenvalue weighted by Gasteiger charge is -2.05. The first-order valence-corrected chi connectivity index (χ1v) is 2.89. The van der Waals surface area contributed by atoms with E-state index in [1.54, 1.807) is 0 Å².